The summed E-state index contributed by atoms with van der Waals surface area (Å²) < 4.78 is 33.0. The van der Waals surface area contributed by atoms with Gasteiger partial charge in [-0.2, -0.15) is 4.98 Å². The molecule has 36 heavy (non-hydrogen) atoms. The van der Waals surface area contributed by atoms with Crippen LogP contribution in [0.15, 0.2) is 34.7 Å². The molecule has 2 N–H and O–H groups in total. The molecule has 10 heteroatoms. The number of nitrogens with one attached hydrogen (secondary N) is 1. The number of carbonyl (C=O) groups excluding carboxylic acids is 1. The molecule has 2 aromatic heterocycles. The van der Waals surface area contributed by atoms with Crippen molar-refractivity contribution in [3.63, 3.8) is 0 Å². The van der Waals surface area contributed by atoms with Gasteiger partial charge < -0.3 is 14.8 Å². The number of benzene rings is 1. The number of furan rings is 1. The van der Waals surface area contributed by atoms with Crippen LogP contribution in [0.4, 0.5) is 5.82 Å². The molecule has 192 valence electrons. The Morgan fingerprint density at radius 2 is 1.92 bits per heavy atom. The summed E-state index contributed by atoms with van der Waals surface area (Å²) in [4.78, 5) is 28.8. The van der Waals surface area contributed by atoms with E-state index in [-0.39, 0.29) is 29.9 Å². The average Bonchev–Trinajstić information content (AvgIpc) is 3.60. The van der Waals surface area contributed by atoms with Crippen LogP contribution in [0.1, 0.15) is 60.0 Å². The van der Waals surface area contributed by atoms with E-state index in [1.165, 1.54) is 4.31 Å². The van der Waals surface area contributed by atoms with Gasteiger partial charge in [-0.3, -0.25) is 13.9 Å². The molecule has 1 aliphatic carbocycles. The minimum Gasteiger partial charge on any atom is -0.481 e. The Bertz CT molecular complexity index is 1410. The lowest BCUT2D eigenvalue weighted by Crippen LogP contribution is -2.33. The number of carbonyl (C=O) groups is 2. The highest BCUT2D eigenvalue weighted by Crippen LogP contribution is 2.46. The summed E-state index contributed by atoms with van der Waals surface area (Å²) in [5, 5.41) is 12.4. The van der Waals surface area contributed by atoms with Crippen molar-refractivity contribution in [2.24, 2.45) is 5.92 Å². The van der Waals surface area contributed by atoms with Crippen LogP contribution in [-0.4, -0.2) is 50.2 Å². The molecule has 1 atom stereocenters. The fraction of sp³-hybridized carbons (Fsp3) is 0.423. The number of hydrogen-bond acceptors (Lipinski definition) is 6. The van der Waals surface area contributed by atoms with Crippen molar-refractivity contribution in [3.8, 4) is 11.3 Å². The summed E-state index contributed by atoms with van der Waals surface area (Å²) in [6.45, 7) is 3.67. The van der Waals surface area contributed by atoms with Crippen LogP contribution >= 0.6 is 0 Å². The maximum Gasteiger partial charge on any atom is 0.306 e. The Hall–Kier alpha value is -3.40. The number of aromatic nitrogens is 1. The van der Waals surface area contributed by atoms with E-state index >= 15 is 0 Å². The highest BCUT2D eigenvalue weighted by Gasteiger charge is 2.34. The zero-order valence-corrected chi connectivity index (χ0v) is 21.7. The van der Waals surface area contributed by atoms with Gasteiger partial charge in [0.25, 0.3) is 5.91 Å². The molecule has 1 unspecified atom stereocenters. The molecule has 0 bridgehead atoms. The molecule has 3 aromatic rings. The van der Waals surface area contributed by atoms with Gasteiger partial charge in [0.2, 0.25) is 15.7 Å². The number of aryl methyl sites for hydroxylation is 1. The third-order valence-electron chi connectivity index (χ3n) is 6.53. The summed E-state index contributed by atoms with van der Waals surface area (Å²) in [7, 11) is -2.16. The SMILES string of the molecule is CNC(=O)c1c(-c2ccc(C)cc2)oc2nc(N(CCCC(C)C(=O)O)S(C)(=O)=O)c(C3CC3)cc12. The molecule has 0 spiro atoms. The minimum atomic E-state index is -3.71. The van der Waals surface area contributed by atoms with Crippen LogP contribution in [0.2, 0.25) is 0 Å². The third kappa shape index (κ3) is 5.23. The van der Waals surface area contributed by atoms with E-state index in [2.05, 4.69) is 10.3 Å². The zero-order chi connectivity index (χ0) is 26.2. The van der Waals surface area contributed by atoms with Gasteiger partial charge in [0.15, 0.2) is 0 Å². The van der Waals surface area contributed by atoms with Crippen molar-refractivity contribution in [2.75, 3.05) is 24.2 Å². The van der Waals surface area contributed by atoms with Crippen LogP contribution in [-0.2, 0) is 14.8 Å². The summed E-state index contributed by atoms with van der Waals surface area (Å²) in [5.74, 6) is -1.03. The number of carboxylic acids is 1. The second kappa shape index (κ2) is 9.93. The van der Waals surface area contributed by atoms with Crippen LogP contribution < -0.4 is 9.62 Å². The molecule has 1 aliphatic rings. The fourth-order valence-corrected chi connectivity index (χ4v) is 5.20. The molecule has 4 rings (SSSR count). The van der Waals surface area contributed by atoms with Crippen LogP contribution in [0.3, 0.4) is 0 Å². The largest absolute Gasteiger partial charge is 0.481 e. The summed E-state index contributed by atoms with van der Waals surface area (Å²) in [6.07, 6.45) is 3.60. The molecular formula is C26H31N3O6S. The quantitative estimate of drug-likeness (QED) is 0.413. The first kappa shape index (κ1) is 25.7. The summed E-state index contributed by atoms with van der Waals surface area (Å²) in [5.41, 5.74) is 3.07. The van der Waals surface area contributed by atoms with Gasteiger partial charge in [0.1, 0.15) is 11.6 Å². The van der Waals surface area contributed by atoms with Crippen LogP contribution in [0.25, 0.3) is 22.4 Å². The predicted octanol–water partition coefficient (Wildman–Crippen LogP) is 4.31. The molecule has 0 radical (unpaired) electrons. The van der Waals surface area contributed by atoms with Gasteiger partial charge in [-0.25, -0.2) is 8.42 Å². The first-order valence-electron chi connectivity index (χ1n) is 12.0. The number of hydrogen-bond donors (Lipinski definition) is 2. The predicted molar refractivity (Wildman–Crippen MR) is 138 cm³/mol. The molecule has 1 fully saturated rings. The highest BCUT2D eigenvalue weighted by molar-refractivity contribution is 7.92. The maximum atomic E-state index is 12.9. The maximum absolute atomic E-state index is 12.9. The number of fused-ring (bicyclic) bond motifs is 1. The van der Waals surface area contributed by atoms with E-state index in [0.29, 0.717) is 35.1 Å². The van der Waals surface area contributed by atoms with Crippen molar-refractivity contribution < 1.29 is 27.5 Å². The Morgan fingerprint density at radius 3 is 2.47 bits per heavy atom. The van der Waals surface area contributed by atoms with Gasteiger partial charge in [-0.1, -0.05) is 36.8 Å². The fourth-order valence-electron chi connectivity index (χ4n) is 4.28. The lowest BCUT2D eigenvalue weighted by atomic mass is 10.0. The standard InChI is InChI=1S/C26H31N3O6S/c1-15-7-9-18(10-8-15)22-21(24(30)27-3)20-14-19(17-11-12-17)23(28-25(20)35-22)29(36(4,33)34)13-5-6-16(2)26(31)32/h7-10,14,16-17H,5-6,11-13H2,1-4H3,(H,27,30)(H,31,32). The Labute approximate surface area is 210 Å². The molecule has 1 saturated carbocycles. The number of carboxylic acid groups (broad SMARTS) is 1. The molecule has 1 aromatic carbocycles. The molecule has 0 saturated heterocycles. The van der Waals surface area contributed by atoms with Gasteiger partial charge in [0.05, 0.1) is 23.1 Å². The Balaban J connectivity index is 1.85. The van der Waals surface area contributed by atoms with E-state index in [4.69, 9.17) is 4.42 Å². The normalized spacial score (nSPS) is 14.6. The van der Waals surface area contributed by atoms with Crippen molar-refractivity contribution >= 4 is 38.8 Å². The topological polar surface area (TPSA) is 130 Å². The smallest absolute Gasteiger partial charge is 0.306 e. The molecule has 2 heterocycles. The van der Waals surface area contributed by atoms with Crippen LogP contribution in [0.5, 0.6) is 0 Å². The van der Waals surface area contributed by atoms with E-state index in [1.54, 1.807) is 14.0 Å². The van der Waals surface area contributed by atoms with Gasteiger partial charge >= 0.3 is 5.97 Å². The Kier molecular flexibility index (Phi) is 7.08. The van der Waals surface area contributed by atoms with Gasteiger partial charge in [0, 0.05) is 19.2 Å². The van der Waals surface area contributed by atoms with E-state index in [1.807, 2.05) is 37.3 Å². The first-order valence-corrected chi connectivity index (χ1v) is 13.8. The number of nitrogens with zero attached hydrogens (tertiary/aromatic N) is 2. The van der Waals surface area contributed by atoms with E-state index < -0.39 is 21.9 Å². The number of pyridine rings is 1. The second-order valence-electron chi connectivity index (χ2n) is 9.50. The van der Waals surface area contributed by atoms with Gasteiger partial charge in [-0.05, 0) is 50.2 Å². The van der Waals surface area contributed by atoms with Crippen molar-refractivity contribution in [1.29, 1.82) is 0 Å². The van der Waals surface area contributed by atoms with Crippen molar-refractivity contribution in [2.45, 2.75) is 45.4 Å². The average molecular weight is 514 g/mol. The molecule has 0 aliphatic heterocycles. The van der Waals surface area contributed by atoms with E-state index in [0.717, 1.165) is 30.2 Å². The molecule has 9 nitrogen and oxygen atoms in total. The number of amides is 1. The summed E-state index contributed by atoms with van der Waals surface area (Å²) >= 11 is 0. The lowest BCUT2D eigenvalue weighted by molar-refractivity contribution is -0.141. The molecular weight excluding hydrogens is 482 g/mol. The highest BCUT2D eigenvalue weighted by atomic mass is 32.2. The number of sulfonamides is 1. The Morgan fingerprint density at radius 1 is 1.25 bits per heavy atom. The number of anilines is 1. The minimum absolute atomic E-state index is 0.0997. The monoisotopic (exact) mass is 513 g/mol. The first-order chi connectivity index (χ1) is 17.0. The summed E-state index contributed by atoms with van der Waals surface area (Å²) in [6, 6.07) is 9.42. The van der Waals surface area contributed by atoms with Crippen LogP contribution in [0, 0.1) is 12.8 Å². The third-order valence-corrected chi connectivity index (χ3v) is 7.69. The number of rotatable bonds is 10. The van der Waals surface area contributed by atoms with Crippen molar-refractivity contribution in [1.82, 2.24) is 10.3 Å². The second-order valence-corrected chi connectivity index (χ2v) is 11.4. The zero-order valence-electron chi connectivity index (χ0n) is 20.9. The van der Waals surface area contributed by atoms with Gasteiger partial charge in [-0.15, -0.1) is 0 Å². The van der Waals surface area contributed by atoms with Crippen molar-refractivity contribution in [3.05, 3.63) is 47.0 Å². The molecule has 1 amide bonds. The lowest BCUT2D eigenvalue weighted by Gasteiger charge is -2.24. The number of aliphatic carboxylic acids is 1. The van der Waals surface area contributed by atoms with E-state index in [9.17, 15) is 23.1 Å².